The Bertz CT molecular complexity index is 358. The Morgan fingerprint density at radius 1 is 1.41 bits per heavy atom. The van der Waals surface area contributed by atoms with E-state index in [9.17, 15) is 0 Å². The fraction of sp³-hybridized carbons (Fsp3) is 0.467. The Labute approximate surface area is 104 Å². The number of nitrogens with one attached hydrogen (secondary N) is 1. The molecule has 1 fully saturated rings. The molecule has 0 aromatic heterocycles. The van der Waals surface area contributed by atoms with Crippen LogP contribution in [-0.2, 0) is 0 Å². The fourth-order valence-electron chi connectivity index (χ4n) is 2.60. The van der Waals surface area contributed by atoms with Gasteiger partial charge in [0.2, 0.25) is 0 Å². The predicted molar refractivity (Wildman–Crippen MR) is 73.3 cm³/mol. The van der Waals surface area contributed by atoms with Crippen molar-refractivity contribution < 1.29 is 0 Å². The molecule has 0 bridgehead atoms. The zero-order chi connectivity index (χ0) is 12.1. The van der Waals surface area contributed by atoms with Gasteiger partial charge in [0.15, 0.2) is 0 Å². The molecule has 1 aromatic rings. The molecule has 92 valence electrons. The molecule has 1 atom stereocenters. The van der Waals surface area contributed by atoms with Crippen LogP contribution in [0.1, 0.15) is 17.9 Å². The number of likely N-dealkylation sites (N-methyl/N-ethyl adjacent to an activating group) is 1. The molecule has 1 heterocycles. The average Bonchev–Trinajstić information content (AvgIpc) is 2.79. The van der Waals surface area contributed by atoms with E-state index in [0.29, 0.717) is 5.92 Å². The Morgan fingerprint density at radius 2 is 2.18 bits per heavy atom. The third-order valence-corrected chi connectivity index (χ3v) is 3.42. The van der Waals surface area contributed by atoms with E-state index in [1.54, 1.807) is 0 Å². The smallest absolute Gasteiger partial charge is 0.0203 e. The third-order valence-electron chi connectivity index (χ3n) is 3.42. The average molecular weight is 230 g/mol. The summed E-state index contributed by atoms with van der Waals surface area (Å²) in [5, 5.41) is 3.16. The van der Waals surface area contributed by atoms with Crippen molar-refractivity contribution in [1.29, 1.82) is 0 Å². The van der Waals surface area contributed by atoms with Crippen LogP contribution in [-0.4, -0.2) is 38.1 Å². The highest BCUT2D eigenvalue weighted by Gasteiger charge is 2.23. The van der Waals surface area contributed by atoms with Gasteiger partial charge in [-0.2, -0.15) is 0 Å². The quantitative estimate of drug-likeness (QED) is 0.781. The summed E-state index contributed by atoms with van der Waals surface area (Å²) >= 11 is 0. The minimum absolute atomic E-state index is 0.707. The monoisotopic (exact) mass is 230 g/mol. The van der Waals surface area contributed by atoms with E-state index in [2.05, 4.69) is 47.1 Å². The summed E-state index contributed by atoms with van der Waals surface area (Å²) in [6.07, 6.45) is 1.27. The fourth-order valence-corrected chi connectivity index (χ4v) is 2.60. The highest BCUT2D eigenvalue weighted by atomic mass is 15.1. The lowest BCUT2D eigenvalue weighted by Crippen LogP contribution is -2.26. The molecule has 1 N–H and O–H groups in total. The summed E-state index contributed by atoms with van der Waals surface area (Å²) < 4.78 is 0. The lowest BCUT2D eigenvalue weighted by molar-refractivity contribution is 0.361. The van der Waals surface area contributed by atoms with Crippen LogP contribution in [0.3, 0.4) is 0 Å². The summed E-state index contributed by atoms with van der Waals surface area (Å²) in [6.45, 7) is 8.43. The van der Waals surface area contributed by atoms with Gasteiger partial charge < -0.3 is 5.32 Å². The van der Waals surface area contributed by atoms with Crippen LogP contribution in [0.15, 0.2) is 42.5 Å². The van der Waals surface area contributed by atoms with E-state index in [1.165, 1.54) is 30.6 Å². The van der Waals surface area contributed by atoms with Crippen molar-refractivity contribution in [1.82, 2.24) is 10.2 Å². The second-order valence-corrected chi connectivity index (χ2v) is 4.91. The summed E-state index contributed by atoms with van der Waals surface area (Å²) in [5.74, 6) is 0.707. The summed E-state index contributed by atoms with van der Waals surface area (Å²) in [7, 11) is 1.97. The van der Waals surface area contributed by atoms with Crippen molar-refractivity contribution in [3.63, 3.8) is 0 Å². The molecule has 2 rings (SSSR count). The largest absolute Gasteiger partial charge is 0.316 e. The van der Waals surface area contributed by atoms with Gasteiger partial charge in [0.1, 0.15) is 0 Å². The van der Waals surface area contributed by atoms with Crippen molar-refractivity contribution >= 4 is 0 Å². The van der Waals surface area contributed by atoms with E-state index < -0.39 is 0 Å². The van der Waals surface area contributed by atoms with Crippen molar-refractivity contribution in [3.05, 3.63) is 48.0 Å². The van der Waals surface area contributed by atoms with Crippen LogP contribution in [0.5, 0.6) is 0 Å². The standard InChI is InChI=1S/C15H22N2/c1-13(10-16-2)11-17-9-8-15(12-17)14-6-4-3-5-7-14/h3-7,15-16H,1,8-12H2,2H3. The van der Waals surface area contributed by atoms with Gasteiger partial charge in [0.05, 0.1) is 0 Å². The van der Waals surface area contributed by atoms with Crippen LogP contribution in [0.4, 0.5) is 0 Å². The first-order chi connectivity index (χ1) is 8.29. The minimum Gasteiger partial charge on any atom is -0.316 e. The van der Waals surface area contributed by atoms with Gasteiger partial charge in [0.25, 0.3) is 0 Å². The molecular formula is C15H22N2. The zero-order valence-electron chi connectivity index (χ0n) is 10.7. The van der Waals surface area contributed by atoms with Crippen molar-refractivity contribution in [3.8, 4) is 0 Å². The van der Waals surface area contributed by atoms with Crippen LogP contribution in [0.25, 0.3) is 0 Å². The summed E-state index contributed by atoms with van der Waals surface area (Å²) in [4.78, 5) is 2.51. The Morgan fingerprint density at radius 3 is 2.88 bits per heavy atom. The molecule has 1 aromatic carbocycles. The van der Waals surface area contributed by atoms with Crippen LogP contribution >= 0.6 is 0 Å². The number of hydrogen-bond acceptors (Lipinski definition) is 2. The van der Waals surface area contributed by atoms with E-state index in [-0.39, 0.29) is 0 Å². The van der Waals surface area contributed by atoms with Crippen molar-refractivity contribution in [2.24, 2.45) is 0 Å². The number of rotatable bonds is 5. The van der Waals surface area contributed by atoms with Crippen molar-refractivity contribution in [2.45, 2.75) is 12.3 Å². The topological polar surface area (TPSA) is 15.3 Å². The van der Waals surface area contributed by atoms with E-state index in [0.717, 1.165) is 13.1 Å². The minimum atomic E-state index is 0.707. The molecule has 0 amide bonds. The highest BCUT2D eigenvalue weighted by molar-refractivity contribution is 5.21. The lowest BCUT2D eigenvalue weighted by atomic mass is 9.99. The second kappa shape index (κ2) is 5.99. The van der Waals surface area contributed by atoms with Crippen molar-refractivity contribution in [2.75, 3.05) is 33.2 Å². The van der Waals surface area contributed by atoms with Gasteiger partial charge in [-0.15, -0.1) is 0 Å². The summed E-state index contributed by atoms with van der Waals surface area (Å²) in [6, 6.07) is 10.9. The predicted octanol–water partition coefficient (Wildman–Crippen LogP) is 2.25. The van der Waals surface area contributed by atoms with E-state index in [1.807, 2.05) is 7.05 Å². The molecule has 1 aliphatic heterocycles. The molecule has 17 heavy (non-hydrogen) atoms. The van der Waals surface area contributed by atoms with Gasteiger partial charge in [0, 0.05) is 19.6 Å². The first kappa shape index (κ1) is 12.3. The molecule has 0 radical (unpaired) electrons. The first-order valence-electron chi connectivity index (χ1n) is 6.38. The first-order valence-corrected chi connectivity index (χ1v) is 6.38. The second-order valence-electron chi connectivity index (χ2n) is 4.91. The van der Waals surface area contributed by atoms with Crippen LogP contribution in [0.2, 0.25) is 0 Å². The normalized spacial score (nSPS) is 20.6. The maximum absolute atomic E-state index is 4.10. The molecule has 2 nitrogen and oxygen atoms in total. The highest BCUT2D eigenvalue weighted by Crippen LogP contribution is 2.26. The number of nitrogens with zero attached hydrogens (tertiary/aromatic N) is 1. The SMILES string of the molecule is C=C(CNC)CN1CCC(c2ccccc2)C1. The number of likely N-dealkylation sites (tertiary alicyclic amines) is 1. The maximum atomic E-state index is 4.10. The van der Waals surface area contributed by atoms with E-state index >= 15 is 0 Å². The van der Waals surface area contributed by atoms with Gasteiger partial charge in [-0.3, -0.25) is 4.90 Å². The van der Waals surface area contributed by atoms with Gasteiger partial charge >= 0.3 is 0 Å². The van der Waals surface area contributed by atoms with Gasteiger partial charge in [-0.1, -0.05) is 36.9 Å². The number of benzene rings is 1. The molecule has 2 heteroatoms. The Hall–Kier alpha value is -1.12. The molecule has 1 unspecified atom stereocenters. The lowest BCUT2D eigenvalue weighted by Gasteiger charge is -2.17. The molecular weight excluding hydrogens is 208 g/mol. The Balaban J connectivity index is 1.86. The van der Waals surface area contributed by atoms with Crippen LogP contribution in [0, 0.1) is 0 Å². The number of hydrogen-bond donors (Lipinski definition) is 1. The van der Waals surface area contributed by atoms with Gasteiger partial charge in [-0.05, 0) is 37.1 Å². The molecule has 1 saturated heterocycles. The molecule has 0 saturated carbocycles. The van der Waals surface area contributed by atoms with Gasteiger partial charge in [-0.25, -0.2) is 0 Å². The van der Waals surface area contributed by atoms with E-state index in [4.69, 9.17) is 0 Å². The third kappa shape index (κ3) is 3.42. The summed E-state index contributed by atoms with van der Waals surface area (Å²) in [5.41, 5.74) is 2.76. The molecule has 0 aliphatic carbocycles. The Kier molecular flexibility index (Phi) is 4.35. The van der Waals surface area contributed by atoms with Crippen LogP contribution < -0.4 is 5.32 Å². The molecule has 1 aliphatic rings. The maximum Gasteiger partial charge on any atom is 0.0203 e. The molecule has 0 spiro atoms. The zero-order valence-corrected chi connectivity index (χ0v) is 10.7.